The number of aliphatic carboxylic acids is 1. The van der Waals surface area contributed by atoms with E-state index in [4.69, 9.17) is 5.11 Å². The van der Waals surface area contributed by atoms with Gasteiger partial charge < -0.3 is 5.11 Å². The fourth-order valence-electron chi connectivity index (χ4n) is 2.69. The Morgan fingerprint density at radius 2 is 2.29 bits per heavy atom. The first-order valence-electron chi connectivity index (χ1n) is 5.40. The van der Waals surface area contributed by atoms with Crippen molar-refractivity contribution in [1.82, 2.24) is 9.80 Å². The molecule has 2 fully saturated rings. The Labute approximate surface area is 84.5 Å². The van der Waals surface area contributed by atoms with Crippen LogP contribution in [-0.4, -0.2) is 59.1 Å². The summed E-state index contributed by atoms with van der Waals surface area (Å²) >= 11 is 0. The van der Waals surface area contributed by atoms with E-state index in [1.807, 2.05) is 0 Å². The van der Waals surface area contributed by atoms with Crippen LogP contribution in [0.4, 0.5) is 0 Å². The van der Waals surface area contributed by atoms with Gasteiger partial charge in [0.1, 0.15) is 0 Å². The first-order valence-corrected chi connectivity index (χ1v) is 5.40. The van der Waals surface area contributed by atoms with E-state index in [0.717, 1.165) is 32.5 Å². The zero-order chi connectivity index (χ0) is 10.1. The quantitative estimate of drug-likeness (QED) is 0.705. The molecule has 0 aromatic heterocycles. The second-order valence-corrected chi connectivity index (χ2v) is 4.32. The van der Waals surface area contributed by atoms with Gasteiger partial charge in [0.2, 0.25) is 0 Å². The number of nitrogens with zero attached hydrogens (tertiary/aromatic N) is 2. The molecule has 2 bridgehead atoms. The number of carbonyl (C=O) groups is 1. The second-order valence-electron chi connectivity index (χ2n) is 4.32. The van der Waals surface area contributed by atoms with Crippen LogP contribution in [0.2, 0.25) is 0 Å². The summed E-state index contributed by atoms with van der Waals surface area (Å²) in [6.07, 6.45) is 2.27. The summed E-state index contributed by atoms with van der Waals surface area (Å²) in [4.78, 5) is 15.3. The molecule has 3 atom stereocenters. The average molecular weight is 198 g/mol. The molecule has 1 N–H and O–H groups in total. The highest BCUT2D eigenvalue weighted by molar-refractivity contribution is 5.69. The maximum Gasteiger partial charge on any atom is 0.317 e. The van der Waals surface area contributed by atoms with Crippen LogP contribution < -0.4 is 0 Å². The molecule has 2 heterocycles. The predicted octanol–water partition coefficient (Wildman–Crippen LogP) is 0.240. The molecule has 2 aliphatic heterocycles. The Kier molecular flexibility index (Phi) is 2.74. The summed E-state index contributed by atoms with van der Waals surface area (Å²) in [5, 5.41) is 8.80. The average Bonchev–Trinajstić information content (AvgIpc) is 2.55. The molecule has 14 heavy (non-hydrogen) atoms. The van der Waals surface area contributed by atoms with Crippen molar-refractivity contribution in [3.63, 3.8) is 0 Å². The lowest BCUT2D eigenvalue weighted by atomic mass is 10.1. The third-order valence-corrected chi connectivity index (χ3v) is 3.48. The highest BCUT2D eigenvalue weighted by atomic mass is 16.4. The van der Waals surface area contributed by atoms with Gasteiger partial charge in [-0.15, -0.1) is 0 Å². The van der Waals surface area contributed by atoms with E-state index in [-0.39, 0.29) is 6.54 Å². The molecule has 0 radical (unpaired) electrons. The van der Waals surface area contributed by atoms with Crippen molar-refractivity contribution < 1.29 is 9.90 Å². The molecule has 0 saturated carbocycles. The smallest absolute Gasteiger partial charge is 0.317 e. The molecule has 0 aliphatic carbocycles. The van der Waals surface area contributed by atoms with Crippen molar-refractivity contribution in [2.75, 3.05) is 26.2 Å². The molecule has 0 spiro atoms. The summed E-state index contributed by atoms with van der Waals surface area (Å²) in [7, 11) is 0. The van der Waals surface area contributed by atoms with Crippen molar-refractivity contribution in [1.29, 1.82) is 0 Å². The van der Waals surface area contributed by atoms with Gasteiger partial charge in [0.05, 0.1) is 6.54 Å². The van der Waals surface area contributed by atoms with E-state index in [9.17, 15) is 4.79 Å². The minimum Gasteiger partial charge on any atom is -0.480 e. The Balaban J connectivity index is 2.00. The van der Waals surface area contributed by atoms with Gasteiger partial charge in [-0.1, -0.05) is 6.92 Å². The van der Waals surface area contributed by atoms with Crippen LogP contribution in [0.25, 0.3) is 0 Å². The van der Waals surface area contributed by atoms with Gasteiger partial charge in [-0.25, -0.2) is 0 Å². The molecule has 4 heteroatoms. The van der Waals surface area contributed by atoms with E-state index >= 15 is 0 Å². The van der Waals surface area contributed by atoms with Gasteiger partial charge in [-0.2, -0.15) is 0 Å². The zero-order valence-electron chi connectivity index (χ0n) is 8.65. The minimum atomic E-state index is -0.694. The number of carboxylic acid groups (broad SMARTS) is 1. The third kappa shape index (κ3) is 1.77. The highest BCUT2D eigenvalue weighted by Gasteiger charge is 2.38. The van der Waals surface area contributed by atoms with Crippen molar-refractivity contribution in [3.8, 4) is 0 Å². The molecule has 3 unspecified atom stereocenters. The predicted molar refractivity (Wildman–Crippen MR) is 53.3 cm³/mol. The first kappa shape index (κ1) is 9.93. The topological polar surface area (TPSA) is 43.8 Å². The fourth-order valence-corrected chi connectivity index (χ4v) is 2.69. The van der Waals surface area contributed by atoms with Crippen LogP contribution in [0, 0.1) is 0 Å². The number of piperazine rings is 1. The van der Waals surface area contributed by atoms with Crippen LogP contribution in [0.1, 0.15) is 19.8 Å². The summed E-state index contributed by atoms with van der Waals surface area (Å²) in [6, 6.07) is 1.07. The molecule has 0 aromatic carbocycles. The van der Waals surface area contributed by atoms with Gasteiger partial charge in [-0.05, 0) is 12.8 Å². The Bertz CT molecular complexity index is 232. The monoisotopic (exact) mass is 198 g/mol. The van der Waals surface area contributed by atoms with Gasteiger partial charge in [0, 0.05) is 31.7 Å². The maximum absolute atomic E-state index is 10.7. The third-order valence-electron chi connectivity index (χ3n) is 3.48. The normalized spacial score (nSPS) is 37.4. The lowest BCUT2D eigenvalue weighted by molar-refractivity contribution is -0.139. The van der Waals surface area contributed by atoms with E-state index < -0.39 is 5.97 Å². The molecule has 80 valence electrons. The van der Waals surface area contributed by atoms with Crippen molar-refractivity contribution in [2.45, 2.75) is 31.8 Å². The van der Waals surface area contributed by atoms with Crippen molar-refractivity contribution in [3.05, 3.63) is 0 Å². The zero-order valence-corrected chi connectivity index (χ0v) is 8.65. The van der Waals surface area contributed by atoms with E-state index in [1.165, 1.54) is 0 Å². The molecular weight excluding hydrogens is 180 g/mol. The second kappa shape index (κ2) is 3.87. The van der Waals surface area contributed by atoms with Crippen LogP contribution in [-0.2, 0) is 4.79 Å². The Hall–Kier alpha value is -0.610. The summed E-state index contributed by atoms with van der Waals surface area (Å²) in [5.41, 5.74) is 0. The van der Waals surface area contributed by atoms with Crippen LogP contribution in [0.5, 0.6) is 0 Å². The van der Waals surface area contributed by atoms with Crippen molar-refractivity contribution in [2.24, 2.45) is 0 Å². The molecule has 0 aromatic rings. The Morgan fingerprint density at radius 3 is 2.93 bits per heavy atom. The number of hydrogen-bond acceptors (Lipinski definition) is 3. The molecule has 0 amide bonds. The first-order chi connectivity index (χ1) is 6.70. The lowest BCUT2D eigenvalue weighted by Crippen LogP contribution is -2.53. The van der Waals surface area contributed by atoms with E-state index in [1.54, 1.807) is 0 Å². The van der Waals surface area contributed by atoms with Gasteiger partial charge >= 0.3 is 5.97 Å². The standard InChI is InChI=1S/C10H18N2O2/c1-2-8-5-12(7-10(13)14)9-3-4-11(8)6-9/h8-9H,2-7H2,1H3,(H,13,14). The summed E-state index contributed by atoms with van der Waals surface area (Å²) in [5.74, 6) is -0.694. The number of hydrogen-bond donors (Lipinski definition) is 1. The highest BCUT2D eigenvalue weighted by Crippen LogP contribution is 2.25. The Morgan fingerprint density at radius 1 is 1.50 bits per heavy atom. The number of rotatable bonds is 3. The SMILES string of the molecule is CCC1CN(CC(=O)O)C2CCN1C2. The molecule has 4 nitrogen and oxygen atoms in total. The summed E-state index contributed by atoms with van der Waals surface area (Å²) < 4.78 is 0. The number of fused-ring (bicyclic) bond motifs is 2. The van der Waals surface area contributed by atoms with Crippen LogP contribution >= 0.6 is 0 Å². The largest absolute Gasteiger partial charge is 0.480 e. The maximum atomic E-state index is 10.7. The molecule has 2 rings (SSSR count). The fraction of sp³-hybridized carbons (Fsp3) is 0.900. The van der Waals surface area contributed by atoms with Crippen LogP contribution in [0.3, 0.4) is 0 Å². The van der Waals surface area contributed by atoms with Gasteiger partial charge in [-0.3, -0.25) is 14.6 Å². The molecule has 2 saturated heterocycles. The number of carboxylic acids is 1. The van der Waals surface area contributed by atoms with Crippen LogP contribution in [0.15, 0.2) is 0 Å². The van der Waals surface area contributed by atoms with E-state index in [2.05, 4.69) is 16.7 Å². The van der Waals surface area contributed by atoms with Gasteiger partial charge in [0.15, 0.2) is 0 Å². The van der Waals surface area contributed by atoms with Gasteiger partial charge in [0.25, 0.3) is 0 Å². The van der Waals surface area contributed by atoms with Crippen molar-refractivity contribution >= 4 is 5.97 Å². The van der Waals surface area contributed by atoms with E-state index in [0.29, 0.717) is 12.1 Å². The summed E-state index contributed by atoms with van der Waals surface area (Å²) in [6.45, 7) is 5.57. The minimum absolute atomic E-state index is 0.217. The lowest BCUT2D eigenvalue weighted by Gasteiger charge is -2.39. The molecular formula is C10H18N2O2. The molecule has 2 aliphatic rings.